The maximum atomic E-state index is 4.08. The zero-order valence-corrected chi connectivity index (χ0v) is 6.63. The molecule has 0 aliphatic rings. The van der Waals surface area contributed by atoms with Crippen molar-refractivity contribution in [2.45, 2.75) is 6.92 Å². The van der Waals surface area contributed by atoms with E-state index in [1.165, 1.54) is 0 Å². The highest BCUT2D eigenvalue weighted by Gasteiger charge is 1.97. The van der Waals surface area contributed by atoms with Crippen LogP contribution in [0.4, 0.5) is 11.6 Å². The van der Waals surface area contributed by atoms with E-state index in [0.717, 1.165) is 17.3 Å². The molecule has 2 rings (SSSR count). The minimum Gasteiger partial charge on any atom is -0.328 e. The number of nitrogens with zero attached hydrogens (tertiary/aromatic N) is 2. The Bertz CT molecular complexity index is 348. The molecule has 3 N–H and O–H groups in total. The van der Waals surface area contributed by atoms with Gasteiger partial charge in [-0.05, 0) is 6.92 Å². The molecule has 0 unspecified atom stereocenters. The second-order valence-electron chi connectivity index (χ2n) is 2.53. The van der Waals surface area contributed by atoms with E-state index in [1.54, 1.807) is 18.6 Å². The summed E-state index contributed by atoms with van der Waals surface area (Å²) in [6.45, 7) is 1.95. The van der Waals surface area contributed by atoms with Crippen LogP contribution in [0.15, 0.2) is 18.6 Å². The third kappa shape index (κ3) is 1.29. The first-order chi connectivity index (χ1) is 5.84. The lowest BCUT2D eigenvalue weighted by Crippen LogP contribution is -1.89. The first-order valence-corrected chi connectivity index (χ1v) is 3.62. The van der Waals surface area contributed by atoms with Gasteiger partial charge in [-0.1, -0.05) is 0 Å². The van der Waals surface area contributed by atoms with Crippen molar-refractivity contribution in [3.63, 3.8) is 0 Å². The SMILES string of the molecule is Cc1cnc(Nc2cn[nH]c2)[nH]1. The first-order valence-electron chi connectivity index (χ1n) is 3.62. The molecule has 0 fully saturated rings. The Hall–Kier alpha value is -1.78. The molecule has 0 bridgehead atoms. The number of nitrogens with one attached hydrogen (secondary N) is 3. The smallest absolute Gasteiger partial charge is 0.204 e. The van der Waals surface area contributed by atoms with Gasteiger partial charge in [-0.3, -0.25) is 5.10 Å². The normalized spacial score (nSPS) is 10.1. The zero-order valence-electron chi connectivity index (χ0n) is 6.63. The second kappa shape index (κ2) is 2.69. The molecule has 0 aliphatic carbocycles. The largest absolute Gasteiger partial charge is 0.328 e. The lowest BCUT2D eigenvalue weighted by atomic mass is 10.6. The summed E-state index contributed by atoms with van der Waals surface area (Å²) in [5.41, 5.74) is 1.92. The highest BCUT2D eigenvalue weighted by atomic mass is 15.2. The minimum absolute atomic E-state index is 0.730. The van der Waals surface area contributed by atoms with Gasteiger partial charge in [-0.2, -0.15) is 5.10 Å². The number of aromatic amines is 2. The number of aromatic nitrogens is 4. The molecule has 0 amide bonds. The molecule has 0 saturated carbocycles. The summed E-state index contributed by atoms with van der Waals surface area (Å²) in [7, 11) is 0. The monoisotopic (exact) mass is 163 g/mol. The van der Waals surface area contributed by atoms with Crippen molar-refractivity contribution < 1.29 is 0 Å². The highest BCUT2D eigenvalue weighted by Crippen LogP contribution is 2.09. The Labute approximate surface area is 69.2 Å². The lowest BCUT2D eigenvalue weighted by molar-refractivity contribution is 1.09. The summed E-state index contributed by atoms with van der Waals surface area (Å²) < 4.78 is 0. The van der Waals surface area contributed by atoms with Gasteiger partial charge in [0.15, 0.2) is 0 Å². The van der Waals surface area contributed by atoms with E-state index in [-0.39, 0.29) is 0 Å². The molecule has 0 radical (unpaired) electrons. The van der Waals surface area contributed by atoms with Crippen LogP contribution in [0, 0.1) is 6.92 Å². The predicted molar refractivity (Wildman–Crippen MR) is 45.2 cm³/mol. The van der Waals surface area contributed by atoms with Crippen LogP contribution in [0.3, 0.4) is 0 Å². The van der Waals surface area contributed by atoms with Crippen molar-refractivity contribution in [2.24, 2.45) is 0 Å². The van der Waals surface area contributed by atoms with Gasteiger partial charge in [0.05, 0.1) is 11.9 Å². The van der Waals surface area contributed by atoms with E-state index in [1.807, 2.05) is 6.92 Å². The van der Waals surface area contributed by atoms with E-state index >= 15 is 0 Å². The molecule has 0 atom stereocenters. The van der Waals surface area contributed by atoms with Crippen molar-refractivity contribution in [3.8, 4) is 0 Å². The van der Waals surface area contributed by atoms with Crippen LogP contribution in [0.1, 0.15) is 5.69 Å². The number of rotatable bonds is 2. The summed E-state index contributed by atoms with van der Waals surface area (Å²) in [5.74, 6) is 0.730. The topological polar surface area (TPSA) is 69.4 Å². The zero-order chi connectivity index (χ0) is 8.39. The standard InChI is InChI=1S/C7H9N5/c1-5-2-8-7(11-5)12-6-3-9-10-4-6/h2-4H,1H3,(H,9,10)(H2,8,11,12). The maximum Gasteiger partial charge on any atom is 0.204 e. The van der Waals surface area contributed by atoms with E-state index in [2.05, 4.69) is 25.5 Å². The third-order valence-corrected chi connectivity index (χ3v) is 1.46. The van der Waals surface area contributed by atoms with Crippen LogP contribution in [0.5, 0.6) is 0 Å². The van der Waals surface area contributed by atoms with Crippen LogP contribution in [0.25, 0.3) is 0 Å². The molecule has 2 heterocycles. The van der Waals surface area contributed by atoms with E-state index in [0.29, 0.717) is 0 Å². The van der Waals surface area contributed by atoms with E-state index in [9.17, 15) is 0 Å². The number of H-pyrrole nitrogens is 2. The van der Waals surface area contributed by atoms with Crippen LogP contribution >= 0.6 is 0 Å². The number of aryl methyl sites for hydroxylation is 1. The fraction of sp³-hybridized carbons (Fsp3) is 0.143. The van der Waals surface area contributed by atoms with Crippen molar-refractivity contribution in [3.05, 3.63) is 24.3 Å². The fourth-order valence-corrected chi connectivity index (χ4v) is 0.932. The summed E-state index contributed by atoms with van der Waals surface area (Å²) >= 11 is 0. The van der Waals surface area contributed by atoms with Gasteiger partial charge in [-0.25, -0.2) is 4.98 Å². The van der Waals surface area contributed by atoms with Crippen molar-refractivity contribution in [2.75, 3.05) is 5.32 Å². The van der Waals surface area contributed by atoms with E-state index < -0.39 is 0 Å². The molecule has 62 valence electrons. The minimum atomic E-state index is 0.730. The Balaban J connectivity index is 2.14. The Kier molecular flexibility index (Phi) is 1.55. The predicted octanol–water partition coefficient (Wildman–Crippen LogP) is 1.18. The average Bonchev–Trinajstić information content (AvgIpc) is 2.63. The second-order valence-corrected chi connectivity index (χ2v) is 2.53. The van der Waals surface area contributed by atoms with Gasteiger partial charge < -0.3 is 10.3 Å². The van der Waals surface area contributed by atoms with Crippen molar-refractivity contribution in [1.82, 2.24) is 20.2 Å². The molecule has 5 heteroatoms. The van der Waals surface area contributed by atoms with Gasteiger partial charge in [0, 0.05) is 18.1 Å². The van der Waals surface area contributed by atoms with Gasteiger partial charge >= 0.3 is 0 Å². The molecule has 5 nitrogen and oxygen atoms in total. The number of hydrogen-bond donors (Lipinski definition) is 3. The molecule has 2 aromatic rings. The summed E-state index contributed by atoms with van der Waals surface area (Å²) in [5, 5.41) is 9.54. The summed E-state index contributed by atoms with van der Waals surface area (Å²) in [6.07, 6.45) is 5.22. The van der Waals surface area contributed by atoms with Crippen LogP contribution < -0.4 is 5.32 Å². The molecule has 12 heavy (non-hydrogen) atoms. The molecule has 0 saturated heterocycles. The highest BCUT2D eigenvalue weighted by molar-refractivity contribution is 5.50. The molecule has 0 aromatic carbocycles. The molecule has 0 spiro atoms. The summed E-state index contributed by atoms with van der Waals surface area (Å²) in [6, 6.07) is 0. The van der Waals surface area contributed by atoms with Crippen molar-refractivity contribution >= 4 is 11.6 Å². The summed E-state index contributed by atoms with van der Waals surface area (Å²) in [4.78, 5) is 7.13. The molecular formula is C7H9N5. The Morgan fingerprint density at radius 3 is 2.92 bits per heavy atom. The number of hydrogen-bond acceptors (Lipinski definition) is 3. The van der Waals surface area contributed by atoms with Gasteiger partial charge in [-0.15, -0.1) is 0 Å². The molecule has 0 aliphatic heterocycles. The average molecular weight is 163 g/mol. The Morgan fingerprint density at radius 2 is 2.33 bits per heavy atom. The number of anilines is 2. The van der Waals surface area contributed by atoms with Gasteiger partial charge in [0.2, 0.25) is 5.95 Å². The third-order valence-electron chi connectivity index (χ3n) is 1.46. The maximum absolute atomic E-state index is 4.08. The van der Waals surface area contributed by atoms with Crippen molar-refractivity contribution in [1.29, 1.82) is 0 Å². The Morgan fingerprint density at radius 1 is 1.42 bits per heavy atom. The van der Waals surface area contributed by atoms with Crippen LogP contribution in [-0.2, 0) is 0 Å². The molecular weight excluding hydrogens is 154 g/mol. The molecule has 2 aromatic heterocycles. The van der Waals surface area contributed by atoms with Crippen LogP contribution in [0.2, 0.25) is 0 Å². The van der Waals surface area contributed by atoms with Gasteiger partial charge in [0.25, 0.3) is 0 Å². The fourth-order valence-electron chi connectivity index (χ4n) is 0.932. The lowest BCUT2D eigenvalue weighted by Gasteiger charge is -1.95. The first kappa shape index (κ1) is 6.90. The van der Waals surface area contributed by atoms with Gasteiger partial charge in [0.1, 0.15) is 0 Å². The van der Waals surface area contributed by atoms with Crippen LogP contribution in [-0.4, -0.2) is 20.2 Å². The number of imidazole rings is 1. The quantitative estimate of drug-likeness (QED) is 0.622. The van der Waals surface area contributed by atoms with E-state index in [4.69, 9.17) is 0 Å².